The van der Waals surface area contributed by atoms with Gasteiger partial charge in [0.15, 0.2) is 0 Å². The van der Waals surface area contributed by atoms with E-state index in [-0.39, 0.29) is 5.91 Å². The molecule has 0 aromatic rings. The molecule has 136 valence electrons. The van der Waals surface area contributed by atoms with E-state index in [1.807, 2.05) is 4.90 Å². The fourth-order valence-electron chi connectivity index (χ4n) is 2.56. The molecule has 0 atom stereocenters. The molecule has 0 bridgehead atoms. The van der Waals surface area contributed by atoms with E-state index in [1.54, 1.807) is 11.8 Å². The number of hydrogen-bond acceptors (Lipinski definition) is 3. The molecule has 0 aliphatic rings. The molecule has 0 spiro atoms. The standard InChI is InChI=1S/C19H37NOS2/c1-4-7-9-10-11-12-13-14-15-16-18(21)20(17-8-5-2)19(22)23-6-3/h4-17H2,1-3H3. The number of carbonyl (C=O) groups excluding carboxylic acids is 1. The summed E-state index contributed by atoms with van der Waals surface area (Å²) < 4.78 is 0.766. The minimum Gasteiger partial charge on any atom is -0.298 e. The Morgan fingerprint density at radius 2 is 1.35 bits per heavy atom. The van der Waals surface area contributed by atoms with Crippen LogP contribution in [0.1, 0.15) is 97.8 Å². The molecule has 0 fully saturated rings. The highest BCUT2D eigenvalue weighted by Crippen LogP contribution is 2.15. The van der Waals surface area contributed by atoms with E-state index >= 15 is 0 Å². The Bertz CT molecular complexity index is 308. The smallest absolute Gasteiger partial charge is 0.228 e. The van der Waals surface area contributed by atoms with Gasteiger partial charge in [-0.1, -0.05) is 103 Å². The lowest BCUT2D eigenvalue weighted by Gasteiger charge is -2.22. The third-order valence-corrected chi connectivity index (χ3v) is 5.35. The highest BCUT2D eigenvalue weighted by molar-refractivity contribution is 8.22. The summed E-state index contributed by atoms with van der Waals surface area (Å²) in [6, 6.07) is 0. The number of amides is 1. The van der Waals surface area contributed by atoms with Gasteiger partial charge in [0.25, 0.3) is 0 Å². The summed E-state index contributed by atoms with van der Waals surface area (Å²) in [4.78, 5) is 14.2. The molecule has 4 heteroatoms. The van der Waals surface area contributed by atoms with Crippen molar-refractivity contribution in [3.05, 3.63) is 0 Å². The minimum atomic E-state index is 0.229. The average molecular weight is 360 g/mol. The second-order valence-electron chi connectivity index (χ2n) is 6.18. The van der Waals surface area contributed by atoms with Gasteiger partial charge in [-0.15, -0.1) is 0 Å². The van der Waals surface area contributed by atoms with Crippen molar-refractivity contribution >= 4 is 34.2 Å². The normalized spacial score (nSPS) is 10.7. The molecule has 0 aliphatic carbocycles. The van der Waals surface area contributed by atoms with E-state index in [1.165, 1.54) is 51.4 Å². The second kappa shape index (κ2) is 16.8. The first kappa shape index (κ1) is 22.9. The van der Waals surface area contributed by atoms with Crippen LogP contribution in [0.4, 0.5) is 0 Å². The van der Waals surface area contributed by atoms with Gasteiger partial charge in [0.2, 0.25) is 5.91 Å². The van der Waals surface area contributed by atoms with Crippen LogP contribution in [-0.2, 0) is 4.79 Å². The summed E-state index contributed by atoms with van der Waals surface area (Å²) in [6.45, 7) is 7.28. The van der Waals surface area contributed by atoms with Gasteiger partial charge in [0, 0.05) is 13.0 Å². The quantitative estimate of drug-likeness (QED) is 0.258. The molecule has 1 amide bonds. The molecule has 0 aromatic carbocycles. The van der Waals surface area contributed by atoms with Gasteiger partial charge in [0.05, 0.1) is 0 Å². The molecular formula is C19H37NOS2. The Hall–Kier alpha value is -0.0900. The first-order valence-electron chi connectivity index (χ1n) is 9.64. The van der Waals surface area contributed by atoms with Crippen molar-refractivity contribution in [2.45, 2.75) is 97.8 Å². The van der Waals surface area contributed by atoms with Crippen molar-refractivity contribution in [3.8, 4) is 0 Å². The average Bonchev–Trinajstić information content (AvgIpc) is 2.54. The molecule has 0 unspecified atom stereocenters. The number of hydrogen-bond donors (Lipinski definition) is 0. The molecule has 0 saturated heterocycles. The topological polar surface area (TPSA) is 20.3 Å². The van der Waals surface area contributed by atoms with Crippen LogP contribution >= 0.6 is 24.0 Å². The van der Waals surface area contributed by atoms with E-state index in [2.05, 4.69) is 20.8 Å². The number of nitrogens with zero attached hydrogens (tertiary/aromatic N) is 1. The van der Waals surface area contributed by atoms with Gasteiger partial charge < -0.3 is 0 Å². The molecule has 0 heterocycles. The highest BCUT2D eigenvalue weighted by atomic mass is 32.2. The van der Waals surface area contributed by atoms with Crippen LogP contribution in [0.2, 0.25) is 0 Å². The monoisotopic (exact) mass is 359 g/mol. The molecule has 2 nitrogen and oxygen atoms in total. The summed E-state index contributed by atoms with van der Waals surface area (Å²) in [5.74, 6) is 1.17. The maximum atomic E-state index is 12.4. The molecule has 0 N–H and O–H groups in total. The summed E-state index contributed by atoms with van der Waals surface area (Å²) in [6.07, 6.45) is 14.4. The van der Waals surface area contributed by atoms with Gasteiger partial charge in [0.1, 0.15) is 4.32 Å². The van der Waals surface area contributed by atoms with E-state index in [9.17, 15) is 4.79 Å². The predicted octanol–water partition coefficient (Wildman–Crippen LogP) is 6.57. The first-order valence-corrected chi connectivity index (χ1v) is 11.0. The molecule has 0 rings (SSSR count). The van der Waals surface area contributed by atoms with Crippen molar-refractivity contribution in [1.82, 2.24) is 4.90 Å². The molecule has 0 aliphatic heterocycles. The largest absolute Gasteiger partial charge is 0.298 e. The summed E-state index contributed by atoms with van der Waals surface area (Å²) in [7, 11) is 0. The van der Waals surface area contributed by atoms with Crippen LogP contribution in [0.25, 0.3) is 0 Å². The fourth-order valence-corrected chi connectivity index (χ4v) is 3.70. The molecular weight excluding hydrogens is 322 g/mol. The highest BCUT2D eigenvalue weighted by Gasteiger charge is 2.17. The minimum absolute atomic E-state index is 0.229. The number of carbonyl (C=O) groups is 1. The van der Waals surface area contributed by atoms with Gasteiger partial charge >= 0.3 is 0 Å². The van der Waals surface area contributed by atoms with Crippen LogP contribution < -0.4 is 0 Å². The number of rotatable bonds is 14. The van der Waals surface area contributed by atoms with Crippen molar-refractivity contribution in [3.63, 3.8) is 0 Å². The van der Waals surface area contributed by atoms with Gasteiger partial charge in [-0.25, -0.2) is 0 Å². The molecule has 0 saturated carbocycles. The maximum absolute atomic E-state index is 12.4. The zero-order chi connectivity index (χ0) is 17.3. The lowest BCUT2D eigenvalue weighted by molar-refractivity contribution is -0.127. The van der Waals surface area contributed by atoms with Crippen molar-refractivity contribution in [1.29, 1.82) is 0 Å². The Kier molecular flexibility index (Phi) is 16.7. The Balaban J connectivity index is 3.83. The Labute approximate surface area is 154 Å². The third-order valence-electron chi connectivity index (χ3n) is 4.02. The van der Waals surface area contributed by atoms with Crippen LogP contribution in [-0.4, -0.2) is 27.4 Å². The Morgan fingerprint density at radius 3 is 1.87 bits per heavy atom. The lowest BCUT2D eigenvalue weighted by atomic mass is 10.1. The summed E-state index contributed by atoms with van der Waals surface area (Å²) in [5.41, 5.74) is 0. The fraction of sp³-hybridized carbons (Fsp3) is 0.895. The van der Waals surface area contributed by atoms with E-state index < -0.39 is 0 Å². The number of unbranched alkanes of at least 4 members (excludes halogenated alkanes) is 9. The maximum Gasteiger partial charge on any atom is 0.228 e. The first-order chi connectivity index (χ1) is 11.2. The van der Waals surface area contributed by atoms with Crippen molar-refractivity contribution in [2.75, 3.05) is 12.3 Å². The lowest BCUT2D eigenvalue weighted by Crippen LogP contribution is -2.35. The van der Waals surface area contributed by atoms with Gasteiger partial charge in [-0.3, -0.25) is 9.69 Å². The molecule has 0 radical (unpaired) electrons. The summed E-state index contributed by atoms with van der Waals surface area (Å²) >= 11 is 7.01. The second-order valence-corrected chi connectivity index (χ2v) is 8.07. The molecule has 23 heavy (non-hydrogen) atoms. The summed E-state index contributed by atoms with van der Waals surface area (Å²) in [5, 5.41) is 0. The number of thioether (sulfide) groups is 1. The van der Waals surface area contributed by atoms with E-state index in [4.69, 9.17) is 12.2 Å². The number of thiocarbonyl (C=S) groups is 1. The van der Waals surface area contributed by atoms with Crippen LogP contribution in [0.15, 0.2) is 0 Å². The SMILES string of the molecule is CCCCCCCCCCCC(=O)N(CCCC)C(=S)SCC. The predicted molar refractivity (Wildman–Crippen MR) is 109 cm³/mol. The van der Waals surface area contributed by atoms with Crippen LogP contribution in [0.3, 0.4) is 0 Å². The van der Waals surface area contributed by atoms with Gasteiger partial charge in [-0.2, -0.15) is 0 Å². The van der Waals surface area contributed by atoms with Gasteiger partial charge in [-0.05, 0) is 18.6 Å². The van der Waals surface area contributed by atoms with E-state index in [0.29, 0.717) is 6.42 Å². The van der Waals surface area contributed by atoms with E-state index in [0.717, 1.165) is 35.9 Å². The zero-order valence-corrected chi connectivity index (χ0v) is 17.2. The van der Waals surface area contributed by atoms with Crippen LogP contribution in [0.5, 0.6) is 0 Å². The van der Waals surface area contributed by atoms with Crippen LogP contribution in [0, 0.1) is 0 Å². The van der Waals surface area contributed by atoms with Crippen molar-refractivity contribution < 1.29 is 4.79 Å². The Morgan fingerprint density at radius 1 is 0.826 bits per heavy atom. The third kappa shape index (κ3) is 12.9. The molecule has 0 aromatic heterocycles. The van der Waals surface area contributed by atoms with Crippen molar-refractivity contribution in [2.24, 2.45) is 0 Å². The zero-order valence-electron chi connectivity index (χ0n) is 15.6.